The quantitative estimate of drug-likeness (QED) is 0.799. The molecule has 0 aromatic heterocycles. The number of aliphatic hydroxyl groups excluding tert-OH is 1. The molecule has 3 aliphatic heterocycles. The van der Waals surface area contributed by atoms with Gasteiger partial charge in [0.15, 0.2) is 0 Å². The summed E-state index contributed by atoms with van der Waals surface area (Å²) in [7, 11) is 0. The monoisotopic (exact) mass is 229 g/mol. The lowest BCUT2D eigenvalue weighted by molar-refractivity contribution is 0.0215. The van der Waals surface area contributed by atoms with Crippen LogP contribution in [0, 0.1) is 12.8 Å². The van der Waals surface area contributed by atoms with Gasteiger partial charge in [-0.3, -0.25) is 0 Å². The lowest BCUT2D eigenvalue weighted by Gasteiger charge is -2.45. The van der Waals surface area contributed by atoms with Crippen LogP contribution in [0.3, 0.4) is 0 Å². The van der Waals surface area contributed by atoms with Gasteiger partial charge in [-0.25, -0.2) is 0 Å². The van der Waals surface area contributed by atoms with E-state index in [9.17, 15) is 5.11 Å². The zero-order valence-corrected chi connectivity index (χ0v) is 10.3. The highest BCUT2D eigenvalue weighted by Gasteiger charge is 2.36. The summed E-state index contributed by atoms with van der Waals surface area (Å²) in [6, 6.07) is 8.45. The second-order valence-electron chi connectivity index (χ2n) is 5.25. The third-order valence-corrected chi connectivity index (χ3v) is 4.01. The molecule has 0 spiro atoms. The molecule has 1 atom stereocenters. The van der Waals surface area contributed by atoms with Gasteiger partial charge in [0.05, 0.1) is 6.10 Å². The van der Waals surface area contributed by atoms with E-state index in [2.05, 4.69) is 42.2 Å². The van der Waals surface area contributed by atoms with Gasteiger partial charge in [0.2, 0.25) is 0 Å². The second kappa shape index (κ2) is 4.19. The fourth-order valence-electron chi connectivity index (χ4n) is 3.01. The van der Waals surface area contributed by atoms with Crippen molar-refractivity contribution < 1.29 is 5.11 Å². The van der Waals surface area contributed by atoms with Crippen LogP contribution in [0.5, 0.6) is 0 Å². The lowest BCUT2D eigenvalue weighted by atomic mass is 9.83. The van der Waals surface area contributed by atoms with Crippen LogP contribution in [-0.2, 0) is 0 Å². The molecule has 2 heteroatoms. The Labute approximate surface area is 103 Å². The highest BCUT2D eigenvalue weighted by Crippen LogP contribution is 2.35. The molecule has 0 amide bonds. The first-order valence-electron chi connectivity index (χ1n) is 6.45. The highest BCUT2D eigenvalue weighted by molar-refractivity contribution is 5.55. The number of hydrogen-bond donors (Lipinski definition) is 1. The first kappa shape index (κ1) is 10.8. The Morgan fingerprint density at radius 3 is 2.71 bits per heavy atom. The second-order valence-corrected chi connectivity index (χ2v) is 5.25. The molecular formula is C15H19NO. The minimum absolute atomic E-state index is 0.252. The number of rotatable bonds is 1. The summed E-state index contributed by atoms with van der Waals surface area (Å²) in [4.78, 5) is 2.34. The minimum Gasteiger partial charge on any atom is -0.387 e. The standard InChI is InChI=1S/C15H19NO/c1-11-3-2-4-12(9-11)10-14-15(17)13-5-7-16(14)8-6-13/h2-4,9-10,13,15,17H,5-8H2,1H3/b14-10-. The largest absolute Gasteiger partial charge is 0.387 e. The Balaban J connectivity index is 1.93. The molecule has 3 aliphatic rings. The van der Waals surface area contributed by atoms with Crippen molar-refractivity contribution in [2.45, 2.75) is 25.9 Å². The highest BCUT2D eigenvalue weighted by atomic mass is 16.3. The zero-order chi connectivity index (χ0) is 11.8. The van der Waals surface area contributed by atoms with E-state index >= 15 is 0 Å². The summed E-state index contributed by atoms with van der Waals surface area (Å²) in [5, 5.41) is 10.3. The zero-order valence-electron chi connectivity index (χ0n) is 10.3. The molecule has 1 aromatic carbocycles. The molecule has 1 unspecified atom stereocenters. The van der Waals surface area contributed by atoms with Gasteiger partial charge in [0, 0.05) is 18.8 Å². The number of nitrogens with zero attached hydrogens (tertiary/aromatic N) is 1. The van der Waals surface area contributed by atoms with Gasteiger partial charge in [0.25, 0.3) is 0 Å². The van der Waals surface area contributed by atoms with Crippen LogP contribution in [0.4, 0.5) is 0 Å². The molecule has 2 bridgehead atoms. The lowest BCUT2D eigenvalue weighted by Crippen LogP contribution is -2.48. The average Bonchev–Trinajstić information content (AvgIpc) is 2.34. The average molecular weight is 229 g/mol. The summed E-state index contributed by atoms with van der Waals surface area (Å²) >= 11 is 0. The van der Waals surface area contributed by atoms with Gasteiger partial charge in [-0.2, -0.15) is 0 Å². The number of piperidine rings is 3. The van der Waals surface area contributed by atoms with Crippen molar-refractivity contribution >= 4 is 6.08 Å². The molecule has 17 heavy (non-hydrogen) atoms. The minimum atomic E-state index is -0.252. The summed E-state index contributed by atoms with van der Waals surface area (Å²) < 4.78 is 0. The Bertz CT molecular complexity index is 440. The van der Waals surface area contributed by atoms with Crippen molar-refractivity contribution in [3.63, 3.8) is 0 Å². The summed E-state index contributed by atoms with van der Waals surface area (Å²) in [5.41, 5.74) is 3.59. The molecular weight excluding hydrogens is 210 g/mol. The molecule has 0 saturated carbocycles. The van der Waals surface area contributed by atoms with Crippen LogP contribution in [0.2, 0.25) is 0 Å². The van der Waals surface area contributed by atoms with Crippen LogP contribution in [0.25, 0.3) is 6.08 Å². The van der Waals surface area contributed by atoms with E-state index in [0.717, 1.165) is 31.6 Å². The number of fused-ring (bicyclic) bond motifs is 3. The fourth-order valence-corrected chi connectivity index (χ4v) is 3.01. The predicted molar refractivity (Wildman–Crippen MR) is 69.5 cm³/mol. The van der Waals surface area contributed by atoms with Crippen molar-refractivity contribution in [1.29, 1.82) is 0 Å². The van der Waals surface area contributed by atoms with Crippen molar-refractivity contribution in [1.82, 2.24) is 4.90 Å². The maximum Gasteiger partial charge on any atom is 0.0965 e. The van der Waals surface area contributed by atoms with E-state index in [1.54, 1.807) is 0 Å². The molecule has 90 valence electrons. The molecule has 3 heterocycles. The maximum absolute atomic E-state index is 10.3. The summed E-state index contributed by atoms with van der Waals surface area (Å²) in [5.74, 6) is 0.482. The van der Waals surface area contributed by atoms with Crippen LogP contribution in [0.1, 0.15) is 24.0 Å². The molecule has 1 N–H and O–H groups in total. The van der Waals surface area contributed by atoms with E-state index in [4.69, 9.17) is 0 Å². The molecule has 4 rings (SSSR count). The first-order chi connectivity index (χ1) is 8.24. The first-order valence-corrected chi connectivity index (χ1v) is 6.45. The van der Waals surface area contributed by atoms with E-state index in [0.29, 0.717) is 5.92 Å². The molecule has 1 aromatic rings. The van der Waals surface area contributed by atoms with E-state index in [-0.39, 0.29) is 6.10 Å². The van der Waals surface area contributed by atoms with E-state index < -0.39 is 0 Å². The van der Waals surface area contributed by atoms with Crippen molar-refractivity contribution in [2.24, 2.45) is 5.92 Å². The van der Waals surface area contributed by atoms with Crippen LogP contribution < -0.4 is 0 Å². The van der Waals surface area contributed by atoms with Gasteiger partial charge in [-0.1, -0.05) is 29.8 Å². The topological polar surface area (TPSA) is 23.5 Å². The van der Waals surface area contributed by atoms with E-state index in [1.165, 1.54) is 11.1 Å². The molecule has 0 aliphatic carbocycles. The van der Waals surface area contributed by atoms with Crippen LogP contribution >= 0.6 is 0 Å². The Kier molecular flexibility index (Phi) is 2.67. The van der Waals surface area contributed by atoms with Crippen LogP contribution in [-0.4, -0.2) is 29.2 Å². The SMILES string of the molecule is Cc1cccc(/C=C2/C(O)C3CCN2CC3)c1. The van der Waals surface area contributed by atoms with Gasteiger partial charge >= 0.3 is 0 Å². The molecule has 0 radical (unpaired) electrons. The smallest absolute Gasteiger partial charge is 0.0965 e. The normalized spacial score (nSPS) is 30.0. The Morgan fingerprint density at radius 1 is 1.29 bits per heavy atom. The van der Waals surface area contributed by atoms with Crippen molar-refractivity contribution in [3.8, 4) is 0 Å². The summed E-state index contributed by atoms with van der Waals surface area (Å²) in [6.07, 6.45) is 4.19. The molecule has 2 nitrogen and oxygen atoms in total. The number of aryl methyl sites for hydroxylation is 1. The Hall–Kier alpha value is -1.28. The van der Waals surface area contributed by atoms with Crippen molar-refractivity contribution in [2.75, 3.05) is 13.1 Å². The molecule has 3 fully saturated rings. The number of aliphatic hydroxyl groups is 1. The van der Waals surface area contributed by atoms with Gasteiger partial charge in [-0.15, -0.1) is 0 Å². The van der Waals surface area contributed by atoms with Gasteiger partial charge < -0.3 is 10.0 Å². The number of benzene rings is 1. The van der Waals surface area contributed by atoms with Gasteiger partial charge in [-0.05, 0) is 37.3 Å². The fraction of sp³-hybridized carbons (Fsp3) is 0.467. The maximum atomic E-state index is 10.3. The molecule has 3 saturated heterocycles. The van der Waals surface area contributed by atoms with E-state index in [1.807, 2.05) is 0 Å². The van der Waals surface area contributed by atoms with Crippen molar-refractivity contribution in [3.05, 3.63) is 41.1 Å². The Morgan fingerprint density at radius 2 is 2.06 bits per heavy atom. The van der Waals surface area contributed by atoms with Gasteiger partial charge in [0.1, 0.15) is 0 Å². The van der Waals surface area contributed by atoms with Crippen LogP contribution in [0.15, 0.2) is 30.0 Å². The summed E-state index contributed by atoms with van der Waals surface area (Å²) in [6.45, 7) is 4.32. The predicted octanol–water partition coefficient (Wildman–Crippen LogP) is 2.42. The number of hydrogen-bond acceptors (Lipinski definition) is 2. The third-order valence-electron chi connectivity index (χ3n) is 4.01. The third kappa shape index (κ3) is 1.98.